The van der Waals surface area contributed by atoms with Crippen LogP contribution in [-0.4, -0.2) is 48.2 Å². The van der Waals surface area contributed by atoms with Gasteiger partial charge in [0.1, 0.15) is 5.82 Å². The summed E-state index contributed by atoms with van der Waals surface area (Å²) in [5, 5.41) is 11.6. The Hall–Kier alpha value is -1.82. The molecule has 1 aromatic rings. The lowest BCUT2D eigenvalue weighted by Crippen LogP contribution is -2.55. The molecule has 2 fully saturated rings. The Labute approximate surface area is 123 Å². The molecule has 1 atom stereocenters. The Morgan fingerprint density at radius 1 is 1.29 bits per heavy atom. The molecule has 114 valence electrons. The second-order valence-electron chi connectivity index (χ2n) is 5.78. The van der Waals surface area contributed by atoms with Gasteiger partial charge in [-0.05, 0) is 37.6 Å². The maximum absolute atomic E-state index is 14.3. The van der Waals surface area contributed by atoms with E-state index in [2.05, 4.69) is 15.0 Å². The molecule has 2 aliphatic rings. The first-order chi connectivity index (χ1) is 10.2. The van der Waals surface area contributed by atoms with Crippen molar-refractivity contribution in [3.05, 3.63) is 29.6 Å². The summed E-state index contributed by atoms with van der Waals surface area (Å²) in [5.41, 5.74) is 6.50. The van der Waals surface area contributed by atoms with Crippen LogP contribution in [0, 0.1) is 5.82 Å². The van der Waals surface area contributed by atoms with Crippen LogP contribution in [-0.2, 0) is 0 Å². The molecule has 1 aromatic carbocycles. The molecule has 0 saturated carbocycles. The van der Waals surface area contributed by atoms with Crippen molar-refractivity contribution >= 4 is 11.5 Å². The second kappa shape index (κ2) is 5.89. The zero-order chi connectivity index (χ0) is 14.8. The number of nitrogens with zero attached hydrogens (tertiary/aromatic N) is 3. The minimum Gasteiger partial charge on any atom is -0.409 e. The summed E-state index contributed by atoms with van der Waals surface area (Å²) in [5.74, 6) is -0.388. The van der Waals surface area contributed by atoms with Gasteiger partial charge in [0.05, 0.1) is 5.69 Å². The molecule has 0 spiro atoms. The van der Waals surface area contributed by atoms with E-state index >= 15 is 0 Å². The van der Waals surface area contributed by atoms with E-state index < -0.39 is 0 Å². The summed E-state index contributed by atoms with van der Waals surface area (Å²) in [6.45, 7) is 3.88. The van der Waals surface area contributed by atoms with Crippen molar-refractivity contribution in [3.63, 3.8) is 0 Å². The van der Waals surface area contributed by atoms with Crippen molar-refractivity contribution in [2.45, 2.75) is 25.3 Å². The summed E-state index contributed by atoms with van der Waals surface area (Å²) in [4.78, 5) is 4.63. The van der Waals surface area contributed by atoms with Crippen LogP contribution < -0.4 is 10.6 Å². The molecule has 2 heterocycles. The van der Waals surface area contributed by atoms with Gasteiger partial charge in [0.15, 0.2) is 5.84 Å². The third-order valence-corrected chi connectivity index (χ3v) is 4.53. The molecule has 0 bridgehead atoms. The number of piperazine rings is 1. The van der Waals surface area contributed by atoms with Crippen LogP contribution in [0.1, 0.15) is 24.8 Å². The Kier molecular flexibility index (Phi) is 3.96. The molecule has 1 unspecified atom stereocenters. The van der Waals surface area contributed by atoms with Crippen LogP contribution in [0.2, 0.25) is 0 Å². The first-order valence-electron chi connectivity index (χ1n) is 7.45. The van der Waals surface area contributed by atoms with Crippen LogP contribution >= 0.6 is 0 Å². The van der Waals surface area contributed by atoms with E-state index in [-0.39, 0.29) is 11.7 Å². The molecule has 0 aliphatic carbocycles. The highest BCUT2D eigenvalue weighted by Gasteiger charge is 2.29. The quantitative estimate of drug-likeness (QED) is 0.376. The molecule has 2 aliphatic heterocycles. The van der Waals surface area contributed by atoms with Crippen LogP contribution in [0.5, 0.6) is 0 Å². The number of benzene rings is 1. The number of nitrogens with two attached hydrogens (primary N) is 1. The number of amidine groups is 1. The lowest BCUT2D eigenvalue weighted by atomic mass is 9.99. The largest absolute Gasteiger partial charge is 0.409 e. The van der Waals surface area contributed by atoms with E-state index in [1.54, 1.807) is 12.1 Å². The zero-order valence-corrected chi connectivity index (χ0v) is 12.0. The van der Waals surface area contributed by atoms with E-state index in [9.17, 15) is 4.39 Å². The summed E-state index contributed by atoms with van der Waals surface area (Å²) in [6.07, 6.45) is 3.74. The van der Waals surface area contributed by atoms with Crippen molar-refractivity contribution in [2.75, 3.05) is 31.1 Å². The SMILES string of the molecule is N/C(=N/O)c1ccc(N2CCN3CCCCC3C2)c(F)c1. The standard InChI is InChI=1S/C15H21FN4O/c16-13-9-11(15(17)18-21)4-5-14(13)20-8-7-19-6-2-1-3-12(19)10-20/h4-5,9,12,21H,1-3,6-8,10H2,(H2,17,18). The second-order valence-corrected chi connectivity index (χ2v) is 5.78. The number of piperidine rings is 1. The van der Waals surface area contributed by atoms with Gasteiger partial charge < -0.3 is 15.8 Å². The first kappa shape index (κ1) is 14.1. The molecular weight excluding hydrogens is 271 g/mol. The van der Waals surface area contributed by atoms with Gasteiger partial charge in [-0.2, -0.15) is 0 Å². The topological polar surface area (TPSA) is 65.1 Å². The molecule has 0 radical (unpaired) electrons. The number of anilines is 1. The van der Waals surface area contributed by atoms with Crippen LogP contribution in [0.3, 0.4) is 0 Å². The van der Waals surface area contributed by atoms with E-state index in [1.165, 1.54) is 31.9 Å². The van der Waals surface area contributed by atoms with Crippen LogP contribution in [0.4, 0.5) is 10.1 Å². The number of hydrogen-bond donors (Lipinski definition) is 2. The number of hydrogen-bond acceptors (Lipinski definition) is 4. The lowest BCUT2D eigenvalue weighted by Gasteiger charge is -2.45. The normalized spacial score (nSPS) is 24.0. The molecule has 3 N–H and O–H groups in total. The first-order valence-corrected chi connectivity index (χ1v) is 7.45. The van der Waals surface area contributed by atoms with Gasteiger partial charge in [0.2, 0.25) is 0 Å². The van der Waals surface area contributed by atoms with Crippen molar-refractivity contribution in [2.24, 2.45) is 10.9 Å². The molecule has 2 saturated heterocycles. The van der Waals surface area contributed by atoms with Gasteiger partial charge in [-0.1, -0.05) is 11.6 Å². The average Bonchev–Trinajstić information content (AvgIpc) is 2.53. The van der Waals surface area contributed by atoms with Gasteiger partial charge in [-0.3, -0.25) is 4.90 Å². The Balaban J connectivity index is 1.78. The fourth-order valence-corrected chi connectivity index (χ4v) is 3.36. The minimum absolute atomic E-state index is 0.0717. The average molecular weight is 292 g/mol. The summed E-state index contributed by atoms with van der Waals surface area (Å²) >= 11 is 0. The van der Waals surface area contributed by atoms with Gasteiger partial charge in [0, 0.05) is 31.2 Å². The molecule has 3 rings (SSSR count). The third kappa shape index (κ3) is 2.81. The highest BCUT2D eigenvalue weighted by molar-refractivity contribution is 5.97. The Bertz CT molecular complexity index is 548. The fraction of sp³-hybridized carbons (Fsp3) is 0.533. The minimum atomic E-state index is -0.316. The summed E-state index contributed by atoms with van der Waals surface area (Å²) in [6, 6.07) is 5.29. The number of halogens is 1. The van der Waals surface area contributed by atoms with Gasteiger partial charge in [0.25, 0.3) is 0 Å². The maximum Gasteiger partial charge on any atom is 0.170 e. The summed E-state index contributed by atoms with van der Waals surface area (Å²) < 4.78 is 14.3. The van der Waals surface area contributed by atoms with Crippen LogP contribution in [0.15, 0.2) is 23.4 Å². The van der Waals surface area contributed by atoms with E-state index in [0.29, 0.717) is 17.3 Å². The number of fused-ring (bicyclic) bond motifs is 1. The third-order valence-electron chi connectivity index (χ3n) is 4.53. The molecule has 6 heteroatoms. The van der Waals surface area contributed by atoms with Gasteiger partial charge in [-0.15, -0.1) is 0 Å². The number of rotatable bonds is 2. The molecule has 5 nitrogen and oxygen atoms in total. The lowest BCUT2D eigenvalue weighted by molar-refractivity contribution is 0.133. The van der Waals surface area contributed by atoms with Crippen molar-refractivity contribution in [1.82, 2.24) is 4.90 Å². The zero-order valence-electron chi connectivity index (χ0n) is 12.0. The maximum atomic E-state index is 14.3. The smallest absolute Gasteiger partial charge is 0.170 e. The van der Waals surface area contributed by atoms with E-state index in [4.69, 9.17) is 10.9 Å². The molecule has 0 aromatic heterocycles. The number of oxime groups is 1. The van der Waals surface area contributed by atoms with Crippen LogP contribution in [0.25, 0.3) is 0 Å². The predicted octanol–water partition coefficient (Wildman–Crippen LogP) is 1.59. The Morgan fingerprint density at radius 2 is 2.14 bits per heavy atom. The van der Waals surface area contributed by atoms with Gasteiger partial charge >= 0.3 is 0 Å². The highest BCUT2D eigenvalue weighted by atomic mass is 19.1. The van der Waals surface area contributed by atoms with E-state index in [1.807, 2.05) is 0 Å². The summed E-state index contributed by atoms with van der Waals surface area (Å²) in [7, 11) is 0. The van der Waals surface area contributed by atoms with Crippen molar-refractivity contribution < 1.29 is 9.60 Å². The fourth-order valence-electron chi connectivity index (χ4n) is 3.36. The van der Waals surface area contributed by atoms with E-state index in [0.717, 1.165) is 19.6 Å². The molecule has 0 amide bonds. The highest BCUT2D eigenvalue weighted by Crippen LogP contribution is 2.27. The Morgan fingerprint density at radius 3 is 2.90 bits per heavy atom. The molecular formula is C15H21FN4O. The van der Waals surface area contributed by atoms with Crippen molar-refractivity contribution in [1.29, 1.82) is 0 Å². The monoisotopic (exact) mass is 292 g/mol. The van der Waals surface area contributed by atoms with Gasteiger partial charge in [-0.25, -0.2) is 4.39 Å². The molecule has 21 heavy (non-hydrogen) atoms. The van der Waals surface area contributed by atoms with Crippen molar-refractivity contribution in [3.8, 4) is 0 Å². The predicted molar refractivity (Wildman–Crippen MR) is 80.3 cm³/mol.